The summed E-state index contributed by atoms with van der Waals surface area (Å²) >= 11 is 0. The van der Waals surface area contributed by atoms with E-state index in [2.05, 4.69) is 15.2 Å². The highest BCUT2D eigenvalue weighted by molar-refractivity contribution is 5.78. The van der Waals surface area contributed by atoms with Gasteiger partial charge in [0.1, 0.15) is 12.4 Å². The predicted molar refractivity (Wildman–Crippen MR) is 85.2 cm³/mol. The number of imidazole rings is 1. The van der Waals surface area contributed by atoms with Crippen molar-refractivity contribution in [1.82, 2.24) is 19.7 Å². The molecule has 0 atom stereocenters. The molecule has 7 nitrogen and oxygen atoms in total. The maximum absolute atomic E-state index is 12.2. The van der Waals surface area contributed by atoms with Crippen LogP contribution in [-0.2, 0) is 29.1 Å². The van der Waals surface area contributed by atoms with Crippen LogP contribution in [0.3, 0.4) is 0 Å². The summed E-state index contributed by atoms with van der Waals surface area (Å²) in [6, 6.07) is 7.76. The van der Waals surface area contributed by atoms with Crippen LogP contribution in [0.1, 0.15) is 43.3 Å². The van der Waals surface area contributed by atoms with Gasteiger partial charge in [-0.15, -0.1) is 10.2 Å². The number of rotatable bonds is 6. The number of benzene rings is 1. The van der Waals surface area contributed by atoms with Crippen LogP contribution in [0.25, 0.3) is 11.0 Å². The maximum Gasteiger partial charge on any atom is 0.326 e. The van der Waals surface area contributed by atoms with Gasteiger partial charge in [-0.2, -0.15) is 0 Å². The van der Waals surface area contributed by atoms with Gasteiger partial charge in [-0.3, -0.25) is 4.79 Å². The molecule has 0 bridgehead atoms. The Labute approximate surface area is 138 Å². The van der Waals surface area contributed by atoms with Crippen LogP contribution in [-0.4, -0.2) is 25.7 Å². The Bertz CT molecular complexity index is 879. The molecule has 0 spiro atoms. The standard InChI is InChI=1S/C17H18N4O3/c1-2-14-18-12-5-3-4-6-13(12)21(14)9-16(22)23-10-15-19-20-17(24-15)11-7-8-11/h3-6,11H,2,7-10H2,1H3. The number of fused-ring (bicyclic) bond motifs is 1. The summed E-state index contributed by atoms with van der Waals surface area (Å²) in [5, 5.41) is 7.89. The van der Waals surface area contributed by atoms with Gasteiger partial charge in [-0.05, 0) is 25.0 Å². The highest BCUT2D eigenvalue weighted by Crippen LogP contribution is 2.39. The Hall–Kier alpha value is -2.70. The van der Waals surface area contributed by atoms with Crippen LogP contribution in [0.5, 0.6) is 0 Å². The highest BCUT2D eigenvalue weighted by atomic mass is 16.5. The van der Waals surface area contributed by atoms with Crippen molar-refractivity contribution in [2.24, 2.45) is 0 Å². The predicted octanol–water partition coefficient (Wildman–Crippen LogP) is 2.60. The summed E-state index contributed by atoms with van der Waals surface area (Å²) in [5.41, 5.74) is 1.81. The molecule has 1 saturated carbocycles. The van der Waals surface area contributed by atoms with Gasteiger partial charge in [-0.1, -0.05) is 19.1 Å². The fraction of sp³-hybridized carbons (Fsp3) is 0.412. The first-order chi connectivity index (χ1) is 11.7. The first-order valence-electron chi connectivity index (χ1n) is 8.16. The van der Waals surface area contributed by atoms with Crippen LogP contribution in [0, 0.1) is 0 Å². The van der Waals surface area contributed by atoms with Crippen molar-refractivity contribution < 1.29 is 13.9 Å². The van der Waals surface area contributed by atoms with Crippen molar-refractivity contribution in [3.05, 3.63) is 41.9 Å². The van der Waals surface area contributed by atoms with Crippen molar-refractivity contribution >= 4 is 17.0 Å². The molecule has 3 aromatic rings. The molecule has 1 aliphatic carbocycles. The van der Waals surface area contributed by atoms with Crippen molar-refractivity contribution in [2.75, 3.05) is 0 Å². The maximum atomic E-state index is 12.2. The molecule has 124 valence electrons. The zero-order valence-electron chi connectivity index (χ0n) is 13.4. The van der Waals surface area contributed by atoms with Gasteiger partial charge in [0.05, 0.1) is 11.0 Å². The zero-order valence-corrected chi connectivity index (χ0v) is 13.4. The van der Waals surface area contributed by atoms with Crippen molar-refractivity contribution in [3.63, 3.8) is 0 Å². The van der Waals surface area contributed by atoms with E-state index in [1.54, 1.807) is 0 Å². The van der Waals surface area contributed by atoms with Gasteiger partial charge in [0, 0.05) is 12.3 Å². The van der Waals surface area contributed by atoms with Gasteiger partial charge in [0.15, 0.2) is 6.61 Å². The van der Waals surface area contributed by atoms with Gasteiger partial charge < -0.3 is 13.7 Å². The van der Waals surface area contributed by atoms with Crippen LogP contribution in [0.2, 0.25) is 0 Å². The Kier molecular flexibility index (Phi) is 3.76. The molecule has 0 N–H and O–H groups in total. The Morgan fingerprint density at radius 3 is 2.96 bits per heavy atom. The van der Waals surface area contributed by atoms with E-state index in [4.69, 9.17) is 9.15 Å². The number of hydrogen-bond acceptors (Lipinski definition) is 6. The van der Waals surface area contributed by atoms with E-state index in [-0.39, 0.29) is 19.1 Å². The molecule has 1 aromatic carbocycles. The number of carbonyl (C=O) groups is 1. The van der Waals surface area contributed by atoms with Crippen molar-refractivity contribution in [2.45, 2.75) is 45.3 Å². The minimum atomic E-state index is -0.348. The molecular formula is C17H18N4O3. The average Bonchev–Trinajstić information content (AvgIpc) is 3.24. The quantitative estimate of drug-likeness (QED) is 0.648. The molecular weight excluding hydrogens is 308 g/mol. The van der Waals surface area contributed by atoms with Crippen LogP contribution in [0.15, 0.2) is 28.7 Å². The normalized spacial score (nSPS) is 14.2. The molecule has 1 aliphatic rings. The molecule has 2 aromatic heterocycles. The second-order valence-corrected chi connectivity index (χ2v) is 5.93. The lowest BCUT2D eigenvalue weighted by Gasteiger charge is -2.07. The summed E-state index contributed by atoms with van der Waals surface area (Å²) in [6.07, 6.45) is 2.93. The van der Waals surface area contributed by atoms with Crippen LogP contribution < -0.4 is 0 Å². The van der Waals surface area contributed by atoms with E-state index < -0.39 is 0 Å². The second-order valence-electron chi connectivity index (χ2n) is 5.93. The Morgan fingerprint density at radius 2 is 2.17 bits per heavy atom. The minimum Gasteiger partial charge on any atom is -0.454 e. The highest BCUT2D eigenvalue weighted by Gasteiger charge is 2.29. The van der Waals surface area contributed by atoms with E-state index in [0.717, 1.165) is 36.1 Å². The lowest BCUT2D eigenvalue weighted by Crippen LogP contribution is -2.15. The lowest BCUT2D eigenvalue weighted by atomic mass is 10.3. The number of nitrogens with zero attached hydrogens (tertiary/aromatic N) is 4. The third kappa shape index (κ3) is 2.89. The molecule has 24 heavy (non-hydrogen) atoms. The van der Waals surface area contributed by atoms with Crippen LogP contribution >= 0.6 is 0 Å². The third-order valence-corrected chi connectivity index (χ3v) is 4.10. The number of hydrogen-bond donors (Lipinski definition) is 0. The van der Waals surface area contributed by atoms with E-state index in [0.29, 0.717) is 17.7 Å². The fourth-order valence-electron chi connectivity index (χ4n) is 2.71. The monoisotopic (exact) mass is 326 g/mol. The topological polar surface area (TPSA) is 83.0 Å². The second kappa shape index (κ2) is 6.07. The summed E-state index contributed by atoms with van der Waals surface area (Å²) in [4.78, 5) is 16.7. The van der Waals surface area contributed by atoms with Gasteiger partial charge in [0.25, 0.3) is 5.89 Å². The number of aryl methyl sites for hydroxylation is 1. The third-order valence-electron chi connectivity index (χ3n) is 4.10. The van der Waals surface area contributed by atoms with Gasteiger partial charge >= 0.3 is 5.97 Å². The molecule has 0 aliphatic heterocycles. The lowest BCUT2D eigenvalue weighted by molar-refractivity contribution is -0.146. The number of esters is 1. The summed E-state index contributed by atoms with van der Waals surface area (Å²) in [7, 11) is 0. The molecule has 0 amide bonds. The smallest absolute Gasteiger partial charge is 0.326 e. The van der Waals surface area contributed by atoms with E-state index in [1.807, 2.05) is 35.8 Å². The SMILES string of the molecule is CCc1nc2ccccc2n1CC(=O)OCc1nnc(C2CC2)o1. The molecule has 0 unspecified atom stereocenters. The van der Waals surface area contributed by atoms with Crippen molar-refractivity contribution in [3.8, 4) is 0 Å². The van der Waals surface area contributed by atoms with Crippen molar-refractivity contribution in [1.29, 1.82) is 0 Å². The molecule has 2 heterocycles. The van der Waals surface area contributed by atoms with E-state index in [1.165, 1.54) is 0 Å². The Balaban J connectivity index is 1.43. The number of carbonyl (C=O) groups excluding carboxylic acids is 1. The zero-order chi connectivity index (χ0) is 16.5. The van der Waals surface area contributed by atoms with E-state index in [9.17, 15) is 4.79 Å². The first kappa shape index (κ1) is 14.9. The van der Waals surface area contributed by atoms with Gasteiger partial charge in [0.2, 0.25) is 5.89 Å². The summed E-state index contributed by atoms with van der Waals surface area (Å²) in [5.74, 6) is 1.90. The minimum absolute atomic E-state index is 0.00659. The average molecular weight is 326 g/mol. The number of aromatic nitrogens is 4. The van der Waals surface area contributed by atoms with Crippen LogP contribution in [0.4, 0.5) is 0 Å². The number of para-hydroxylation sites is 2. The molecule has 0 saturated heterocycles. The molecule has 7 heteroatoms. The molecule has 1 fully saturated rings. The van der Waals surface area contributed by atoms with E-state index >= 15 is 0 Å². The largest absolute Gasteiger partial charge is 0.454 e. The Morgan fingerprint density at radius 1 is 1.33 bits per heavy atom. The fourth-order valence-corrected chi connectivity index (χ4v) is 2.71. The summed E-state index contributed by atoms with van der Waals surface area (Å²) < 4.78 is 12.7. The van der Waals surface area contributed by atoms with Gasteiger partial charge in [-0.25, -0.2) is 4.98 Å². The summed E-state index contributed by atoms with van der Waals surface area (Å²) in [6.45, 7) is 2.14. The molecule has 4 rings (SSSR count). The number of ether oxygens (including phenoxy) is 1. The molecule has 0 radical (unpaired) electrons. The first-order valence-corrected chi connectivity index (χ1v) is 8.16.